The Kier molecular flexibility index (Phi) is 6.84. The highest BCUT2D eigenvalue weighted by molar-refractivity contribution is 5.94. The van der Waals surface area contributed by atoms with Crippen molar-refractivity contribution < 1.29 is 4.79 Å². The van der Waals surface area contributed by atoms with E-state index in [0.717, 1.165) is 38.3 Å². The number of likely N-dealkylation sites (tertiary alicyclic amines) is 1. The van der Waals surface area contributed by atoms with Crippen LogP contribution in [0.15, 0.2) is 84.9 Å². The first-order valence-corrected chi connectivity index (χ1v) is 12.2. The Balaban J connectivity index is 1.23. The van der Waals surface area contributed by atoms with Crippen molar-refractivity contribution >= 4 is 5.91 Å². The van der Waals surface area contributed by atoms with E-state index in [1.54, 1.807) is 0 Å². The number of amides is 1. The molecule has 2 saturated heterocycles. The van der Waals surface area contributed by atoms with Crippen LogP contribution in [-0.2, 0) is 6.54 Å². The van der Waals surface area contributed by atoms with Gasteiger partial charge < -0.3 is 4.90 Å². The first-order chi connectivity index (χ1) is 16.3. The Morgan fingerprint density at radius 1 is 0.667 bits per heavy atom. The van der Waals surface area contributed by atoms with Crippen LogP contribution in [0, 0.1) is 0 Å². The zero-order valence-electron chi connectivity index (χ0n) is 19.3. The van der Waals surface area contributed by atoms with Gasteiger partial charge in [-0.2, -0.15) is 0 Å². The van der Waals surface area contributed by atoms with E-state index in [-0.39, 0.29) is 11.9 Å². The molecule has 2 fully saturated rings. The summed E-state index contributed by atoms with van der Waals surface area (Å²) in [5.41, 5.74) is 4.71. The lowest BCUT2D eigenvalue weighted by molar-refractivity contribution is 0.0597. The van der Waals surface area contributed by atoms with Crippen LogP contribution < -0.4 is 0 Å². The van der Waals surface area contributed by atoms with E-state index < -0.39 is 0 Å². The summed E-state index contributed by atoms with van der Waals surface area (Å²) in [6.07, 6.45) is 2.61. The number of carbonyl (C=O) groups excluding carboxylic acids is 1. The monoisotopic (exact) mass is 439 g/mol. The normalized spacial score (nSPS) is 17.5. The third-order valence-corrected chi connectivity index (χ3v) is 7.00. The quantitative estimate of drug-likeness (QED) is 0.550. The molecule has 33 heavy (non-hydrogen) atoms. The molecule has 0 radical (unpaired) electrons. The van der Waals surface area contributed by atoms with E-state index >= 15 is 0 Å². The van der Waals surface area contributed by atoms with Gasteiger partial charge in [0.2, 0.25) is 0 Å². The minimum Gasteiger partial charge on any atom is -0.336 e. The van der Waals surface area contributed by atoms with Gasteiger partial charge in [0.15, 0.2) is 0 Å². The summed E-state index contributed by atoms with van der Waals surface area (Å²) in [6, 6.07) is 29.9. The molecule has 170 valence electrons. The van der Waals surface area contributed by atoms with E-state index in [2.05, 4.69) is 82.6 Å². The molecule has 2 aliphatic rings. The topological polar surface area (TPSA) is 26.8 Å². The van der Waals surface area contributed by atoms with Crippen LogP contribution in [-0.4, -0.2) is 59.9 Å². The van der Waals surface area contributed by atoms with Crippen LogP contribution in [0.25, 0.3) is 0 Å². The van der Waals surface area contributed by atoms with Crippen molar-refractivity contribution in [1.29, 1.82) is 0 Å². The molecule has 0 atom stereocenters. The fourth-order valence-electron chi connectivity index (χ4n) is 5.20. The molecule has 3 aromatic carbocycles. The average molecular weight is 440 g/mol. The minimum absolute atomic E-state index is 0.151. The van der Waals surface area contributed by atoms with Crippen LogP contribution in [0.4, 0.5) is 0 Å². The molecular weight excluding hydrogens is 406 g/mol. The molecule has 2 heterocycles. The molecule has 0 unspecified atom stereocenters. The molecule has 1 amide bonds. The maximum absolute atomic E-state index is 13.2. The van der Waals surface area contributed by atoms with Gasteiger partial charge in [-0.3, -0.25) is 14.6 Å². The number of nitrogens with zero attached hydrogens (tertiary/aromatic N) is 3. The van der Waals surface area contributed by atoms with Gasteiger partial charge in [-0.15, -0.1) is 0 Å². The van der Waals surface area contributed by atoms with Gasteiger partial charge in [-0.05, 0) is 54.8 Å². The number of rotatable bonds is 6. The fraction of sp³-hybridized carbons (Fsp3) is 0.345. The molecule has 0 spiro atoms. The van der Waals surface area contributed by atoms with Crippen LogP contribution in [0.5, 0.6) is 0 Å². The SMILES string of the molecule is O=C(c1ccc(CN2CCCC2)cc1)N1CCN(C(c2ccccc2)c2ccccc2)CC1. The van der Waals surface area contributed by atoms with Gasteiger partial charge in [0, 0.05) is 38.3 Å². The van der Waals surface area contributed by atoms with Crippen molar-refractivity contribution in [1.82, 2.24) is 14.7 Å². The van der Waals surface area contributed by atoms with Gasteiger partial charge >= 0.3 is 0 Å². The molecule has 0 aliphatic carbocycles. The second kappa shape index (κ2) is 10.3. The van der Waals surface area contributed by atoms with Crippen LogP contribution >= 0.6 is 0 Å². The smallest absolute Gasteiger partial charge is 0.253 e. The zero-order chi connectivity index (χ0) is 22.5. The van der Waals surface area contributed by atoms with E-state index in [1.165, 1.54) is 42.6 Å². The molecule has 0 saturated carbocycles. The molecule has 2 aliphatic heterocycles. The first-order valence-electron chi connectivity index (χ1n) is 12.2. The van der Waals surface area contributed by atoms with Crippen molar-refractivity contribution in [2.45, 2.75) is 25.4 Å². The minimum atomic E-state index is 0.151. The van der Waals surface area contributed by atoms with Crippen LogP contribution in [0.2, 0.25) is 0 Å². The van der Waals surface area contributed by atoms with Crippen LogP contribution in [0.1, 0.15) is 45.9 Å². The summed E-state index contributed by atoms with van der Waals surface area (Å²) in [4.78, 5) is 20.2. The predicted molar refractivity (Wildman–Crippen MR) is 133 cm³/mol. The molecule has 0 bridgehead atoms. The maximum atomic E-state index is 13.2. The average Bonchev–Trinajstić information content (AvgIpc) is 3.39. The van der Waals surface area contributed by atoms with Crippen molar-refractivity contribution in [2.75, 3.05) is 39.3 Å². The second-order valence-electron chi connectivity index (χ2n) is 9.23. The van der Waals surface area contributed by atoms with Crippen molar-refractivity contribution in [3.8, 4) is 0 Å². The third-order valence-electron chi connectivity index (χ3n) is 7.00. The summed E-state index contributed by atoms with van der Waals surface area (Å²) < 4.78 is 0. The largest absolute Gasteiger partial charge is 0.336 e. The molecule has 3 aromatic rings. The number of piperazine rings is 1. The third kappa shape index (κ3) is 5.18. The highest BCUT2D eigenvalue weighted by Gasteiger charge is 2.28. The second-order valence-corrected chi connectivity index (χ2v) is 9.23. The van der Waals surface area contributed by atoms with Crippen molar-refractivity contribution in [2.24, 2.45) is 0 Å². The standard InChI is InChI=1S/C29H33N3O/c33-29(27-15-13-24(14-16-27)23-30-17-7-8-18-30)32-21-19-31(20-22-32)28(25-9-3-1-4-10-25)26-11-5-2-6-12-26/h1-6,9-16,28H,7-8,17-23H2. The highest BCUT2D eigenvalue weighted by atomic mass is 16.2. The Hall–Kier alpha value is -2.95. The Morgan fingerprint density at radius 3 is 1.76 bits per heavy atom. The molecule has 0 N–H and O–H groups in total. The van der Waals surface area contributed by atoms with Crippen molar-refractivity contribution in [3.05, 3.63) is 107 Å². The molecule has 0 aromatic heterocycles. The number of hydrogen-bond donors (Lipinski definition) is 0. The number of hydrogen-bond acceptors (Lipinski definition) is 3. The lowest BCUT2D eigenvalue weighted by atomic mass is 9.96. The Labute approximate surface area is 197 Å². The lowest BCUT2D eigenvalue weighted by Crippen LogP contribution is -2.49. The van der Waals surface area contributed by atoms with Gasteiger partial charge in [0.05, 0.1) is 6.04 Å². The summed E-state index contributed by atoms with van der Waals surface area (Å²) in [6.45, 7) is 6.62. The molecular formula is C29H33N3O. The van der Waals surface area contributed by atoms with Gasteiger partial charge in [0.25, 0.3) is 5.91 Å². The number of benzene rings is 3. The van der Waals surface area contributed by atoms with Crippen LogP contribution in [0.3, 0.4) is 0 Å². The predicted octanol–water partition coefficient (Wildman–Crippen LogP) is 4.83. The highest BCUT2D eigenvalue weighted by Crippen LogP contribution is 2.29. The summed E-state index contributed by atoms with van der Waals surface area (Å²) in [5, 5.41) is 0. The number of carbonyl (C=O) groups is 1. The Bertz CT molecular complexity index is 982. The van der Waals surface area contributed by atoms with Gasteiger partial charge in [-0.25, -0.2) is 0 Å². The van der Waals surface area contributed by atoms with E-state index in [4.69, 9.17) is 0 Å². The van der Waals surface area contributed by atoms with Gasteiger partial charge in [0.1, 0.15) is 0 Å². The molecule has 5 rings (SSSR count). The zero-order valence-corrected chi connectivity index (χ0v) is 19.3. The molecule has 4 nitrogen and oxygen atoms in total. The summed E-state index contributed by atoms with van der Waals surface area (Å²) in [7, 11) is 0. The molecule has 4 heteroatoms. The van der Waals surface area contributed by atoms with Gasteiger partial charge in [-0.1, -0.05) is 72.8 Å². The summed E-state index contributed by atoms with van der Waals surface area (Å²) in [5.74, 6) is 0.151. The van der Waals surface area contributed by atoms with E-state index in [9.17, 15) is 4.79 Å². The van der Waals surface area contributed by atoms with E-state index in [1.807, 2.05) is 17.0 Å². The maximum Gasteiger partial charge on any atom is 0.253 e. The van der Waals surface area contributed by atoms with Crippen molar-refractivity contribution in [3.63, 3.8) is 0 Å². The lowest BCUT2D eigenvalue weighted by Gasteiger charge is -2.39. The first kappa shape index (κ1) is 21.9. The fourth-order valence-corrected chi connectivity index (χ4v) is 5.20. The van der Waals surface area contributed by atoms with E-state index in [0.29, 0.717) is 0 Å². The Morgan fingerprint density at radius 2 is 1.21 bits per heavy atom. The summed E-state index contributed by atoms with van der Waals surface area (Å²) >= 11 is 0.